The van der Waals surface area contributed by atoms with Gasteiger partial charge in [0, 0.05) is 0 Å². The van der Waals surface area contributed by atoms with Gasteiger partial charge in [0.15, 0.2) is 0 Å². The molecule has 0 aliphatic rings. The molecule has 0 saturated heterocycles. The predicted molar refractivity (Wildman–Crippen MR) is 151 cm³/mol. The van der Waals surface area contributed by atoms with E-state index in [2.05, 4.69) is 32.6 Å². The van der Waals surface area contributed by atoms with E-state index in [4.69, 9.17) is 4.74 Å². The largest absolute Gasteiger partial charge is 0.494 e. The Morgan fingerprint density at radius 1 is 0.485 bits per heavy atom. The predicted octanol–water partition coefficient (Wildman–Crippen LogP) is 11.9. The first kappa shape index (κ1) is 32.3. The van der Waals surface area contributed by atoms with Crippen molar-refractivity contribution in [2.45, 2.75) is 174 Å². The van der Waals surface area contributed by atoms with Gasteiger partial charge in [-0.3, -0.25) is 0 Å². The van der Waals surface area contributed by atoms with E-state index in [1.165, 1.54) is 161 Å². The van der Waals surface area contributed by atoms with Gasteiger partial charge in [0.05, 0.1) is 6.61 Å². The van der Waals surface area contributed by atoms with Gasteiger partial charge in [-0.2, -0.15) is 0 Å². The van der Waals surface area contributed by atoms with E-state index < -0.39 is 0 Å². The third kappa shape index (κ3) is 29.2. The minimum atomic E-state index is 0.831. The minimum Gasteiger partial charge on any atom is -0.494 e. The molecule has 0 aromatic carbocycles. The summed E-state index contributed by atoms with van der Waals surface area (Å²) in [5.74, 6) is 0.842. The van der Waals surface area contributed by atoms with E-state index >= 15 is 0 Å². The maximum atomic E-state index is 5.74. The highest BCUT2D eigenvalue weighted by Gasteiger charge is 1.95. The first-order valence-electron chi connectivity index (χ1n) is 15.3. The van der Waals surface area contributed by atoms with E-state index in [9.17, 15) is 0 Å². The summed E-state index contributed by atoms with van der Waals surface area (Å²) in [6, 6.07) is 0. The monoisotopic (exact) mass is 462 g/mol. The molecular formula is C32H62O. The van der Waals surface area contributed by atoms with Crippen molar-refractivity contribution in [2.75, 3.05) is 6.61 Å². The number of rotatable bonds is 28. The van der Waals surface area contributed by atoms with Crippen LogP contribution in [-0.2, 0) is 4.74 Å². The number of allylic oxidation sites excluding steroid dienone is 2. The Morgan fingerprint density at radius 2 is 0.818 bits per heavy atom. The van der Waals surface area contributed by atoms with Crippen LogP contribution in [0.2, 0.25) is 0 Å². The summed E-state index contributed by atoms with van der Waals surface area (Å²) >= 11 is 0. The van der Waals surface area contributed by atoms with Crippen molar-refractivity contribution in [1.82, 2.24) is 0 Å². The Kier molecular flexibility index (Phi) is 28.7. The van der Waals surface area contributed by atoms with Gasteiger partial charge in [-0.1, -0.05) is 168 Å². The Bertz CT molecular complexity index is 397. The fourth-order valence-electron chi connectivity index (χ4n) is 4.51. The molecule has 0 aliphatic heterocycles. The van der Waals surface area contributed by atoms with Crippen LogP contribution in [0.5, 0.6) is 0 Å². The normalized spacial score (nSPS) is 11.5. The molecule has 0 unspecified atom stereocenters. The number of hydrogen-bond donors (Lipinski definition) is 0. The summed E-state index contributed by atoms with van der Waals surface area (Å²) in [7, 11) is 0. The molecule has 1 nitrogen and oxygen atoms in total. The quantitative estimate of drug-likeness (QED) is 0.0638. The zero-order chi connectivity index (χ0) is 24.1. The molecule has 0 spiro atoms. The van der Waals surface area contributed by atoms with Crippen molar-refractivity contribution < 1.29 is 4.74 Å². The molecule has 0 heterocycles. The van der Waals surface area contributed by atoms with Gasteiger partial charge in [0.2, 0.25) is 0 Å². The van der Waals surface area contributed by atoms with Crippen LogP contribution in [0, 0.1) is 0 Å². The topological polar surface area (TPSA) is 9.23 Å². The minimum absolute atomic E-state index is 0.831. The molecular weight excluding hydrogens is 400 g/mol. The number of unbranched alkanes of at least 4 members (excludes halogenated alkanes) is 23. The Balaban J connectivity index is 3.20. The van der Waals surface area contributed by atoms with Crippen molar-refractivity contribution in [3.05, 3.63) is 24.5 Å². The van der Waals surface area contributed by atoms with E-state index in [0.29, 0.717) is 0 Å². The third-order valence-electron chi connectivity index (χ3n) is 6.81. The fourth-order valence-corrected chi connectivity index (χ4v) is 4.51. The van der Waals surface area contributed by atoms with Gasteiger partial charge < -0.3 is 4.74 Å². The second kappa shape index (κ2) is 29.3. The van der Waals surface area contributed by atoms with Gasteiger partial charge >= 0.3 is 0 Å². The average Bonchev–Trinajstić information content (AvgIpc) is 2.82. The molecule has 0 saturated carbocycles. The second-order valence-electron chi connectivity index (χ2n) is 10.3. The molecule has 0 amide bonds. The highest BCUT2D eigenvalue weighted by atomic mass is 16.5. The number of hydrogen-bond acceptors (Lipinski definition) is 1. The highest BCUT2D eigenvalue weighted by Crippen LogP contribution is 2.14. The van der Waals surface area contributed by atoms with Crippen LogP contribution in [0.4, 0.5) is 0 Å². The molecule has 0 bridgehead atoms. The van der Waals surface area contributed by atoms with Crippen LogP contribution < -0.4 is 0 Å². The van der Waals surface area contributed by atoms with Crippen molar-refractivity contribution in [3.63, 3.8) is 0 Å². The molecule has 0 radical (unpaired) electrons. The van der Waals surface area contributed by atoms with Gasteiger partial charge in [-0.25, -0.2) is 0 Å². The van der Waals surface area contributed by atoms with Crippen molar-refractivity contribution in [2.24, 2.45) is 0 Å². The lowest BCUT2D eigenvalue weighted by atomic mass is 10.0. The number of ether oxygens (including phenoxy) is 1. The smallest absolute Gasteiger partial charge is 0.111 e. The first-order chi connectivity index (χ1) is 16.3. The molecule has 0 aliphatic carbocycles. The first-order valence-corrected chi connectivity index (χ1v) is 15.3. The van der Waals surface area contributed by atoms with Gasteiger partial charge in [-0.15, -0.1) is 0 Å². The molecule has 0 aromatic rings. The lowest BCUT2D eigenvalue weighted by Crippen LogP contribution is -1.92. The zero-order valence-corrected chi connectivity index (χ0v) is 23.2. The Morgan fingerprint density at radius 3 is 1.21 bits per heavy atom. The molecule has 0 N–H and O–H groups in total. The fraction of sp³-hybridized carbons (Fsp3) is 0.875. The third-order valence-corrected chi connectivity index (χ3v) is 6.81. The zero-order valence-electron chi connectivity index (χ0n) is 23.2. The summed E-state index contributed by atoms with van der Waals surface area (Å²) in [5.41, 5.74) is 0. The highest BCUT2D eigenvalue weighted by molar-refractivity contribution is 5.06. The molecule has 196 valence electrons. The summed E-state index contributed by atoms with van der Waals surface area (Å²) in [6.07, 6.45) is 39.2. The van der Waals surface area contributed by atoms with Crippen LogP contribution in [0.1, 0.15) is 174 Å². The molecule has 0 atom stereocenters. The maximum absolute atomic E-state index is 5.74. The summed E-state index contributed by atoms with van der Waals surface area (Å²) in [4.78, 5) is 0. The lowest BCUT2D eigenvalue weighted by molar-refractivity contribution is 0.218. The summed E-state index contributed by atoms with van der Waals surface area (Å²) in [5, 5.41) is 0. The Hall–Kier alpha value is -0.720. The summed E-state index contributed by atoms with van der Waals surface area (Å²) in [6.45, 7) is 9.43. The van der Waals surface area contributed by atoms with Crippen LogP contribution in [-0.4, -0.2) is 6.61 Å². The van der Waals surface area contributed by atoms with E-state index in [-0.39, 0.29) is 0 Å². The maximum Gasteiger partial charge on any atom is 0.111 e. The van der Waals surface area contributed by atoms with E-state index in [1.807, 2.05) is 0 Å². The van der Waals surface area contributed by atoms with Crippen LogP contribution >= 0.6 is 0 Å². The van der Waals surface area contributed by atoms with Gasteiger partial charge in [-0.05, 0) is 25.3 Å². The lowest BCUT2D eigenvalue weighted by Gasteiger charge is -2.06. The van der Waals surface area contributed by atoms with Crippen molar-refractivity contribution >= 4 is 0 Å². The van der Waals surface area contributed by atoms with E-state index in [1.54, 1.807) is 0 Å². The van der Waals surface area contributed by atoms with E-state index in [0.717, 1.165) is 12.4 Å². The molecule has 0 aromatic heterocycles. The van der Waals surface area contributed by atoms with Gasteiger partial charge in [0.1, 0.15) is 5.76 Å². The van der Waals surface area contributed by atoms with Crippen molar-refractivity contribution in [1.29, 1.82) is 0 Å². The standard InChI is InChI=1S/C32H62O/c1-4-6-8-10-12-14-15-16-17-18-19-20-21-22-23-24-26-28-30-32(3)33-31-29-27-25-13-11-9-7-5-2/h28,30H,3-27,29,31H2,1-2H3/b30-28+. The molecule has 33 heavy (non-hydrogen) atoms. The molecule has 1 heteroatoms. The van der Waals surface area contributed by atoms with Crippen LogP contribution in [0.15, 0.2) is 24.5 Å². The average molecular weight is 463 g/mol. The Labute approximate surface area is 210 Å². The molecule has 0 fully saturated rings. The molecule has 0 rings (SSSR count). The van der Waals surface area contributed by atoms with Crippen molar-refractivity contribution in [3.8, 4) is 0 Å². The van der Waals surface area contributed by atoms with Crippen LogP contribution in [0.25, 0.3) is 0 Å². The SMILES string of the molecule is C=C(/C=C/CCCCCCCCCCCCCCCCCC)OCCCCCCCCCC. The van der Waals surface area contributed by atoms with Crippen LogP contribution in [0.3, 0.4) is 0 Å². The summed E-state index contributed by atoms with van der Waals surface area (Å²) < 4.78 is 5.74. The second-order valence-corrected chi connectivity index (χ2v) is 10.3. The van der Waals surface area contributed by atoms with Gasteiger partial charge in [0.25, 0.3) is 0 Å².